The summed E-state index contributed by atoms with van der Waals surface area (Å²) in [7, 11) is 1.93. The molecule has 0 aliphatic carbocycles. The molecular formula is C17H27N5O. The monoisotopic (exact) mass is 317 g/mol. The molecule has 2 aliphatic heterocycles. The summed E-state index contributed by atoms with van der Waals surface area (Å²) in [4.78, 5) is 27.3. The van der Waals surface area contributed by atoms with Crippen LogP contribution in [-0.4, -0.2) is 60.5 Å². The number of rotatable bonds is 4. The van der Waals surface area contributed by atoms with E-state index in [1.165, 1.54) is 12.8 Å². The van der Waals surface area contributed by atoms with Crippen LogP contribution in [0.3, 0.4) is 0 Å². The molecule has 0 unspecified atom stereocenters. The van der Waals surface area contributed by atoms with Gasteiger partial charge < -0.3 is 14.7 Å². The summed E-state index contributed by atoms with van der Waals surface area (Å²) < 4.78 is 0. The van der Waals surface area contributed by atoms with Crippen LogP contribution in [0, 0.1) is 5.92 Å². The number of hydrogen-bond donors (Lipinski definition) is 0. The van der Waals surface area contributed by atoms with Crippen molar-refractivity contribution in [1.82, 2.24) is 14.9 Å². The predicted octanol–water partition coefficient (Wildman–Crippen LogP) is 1.77. The second kappa shape index (κ2) is 7.15. The standard InChI is InChI=1S/C17H27N5O/c1-14-6-5-9-22(11-14)16-10-15(18-13-19-16)20(2)12-17(23)21-7-3-4-8-21/h10,13-14H,3-9,11-12H2,1-2H3/t14-/m1/s1. The Morgan fingerprint density at radius 1 is 1.26 bits per heavy atom. The van der Waals surface area contributed by atoms with E-state index in [2.05, 4.69) is 21.8 Å². The van der Waals surface area contributed by atoms with Crippen molar-refractivity contribution in [3.05, 3.63) is 12.4 Å². The van der Waals surface area contributed by atoms with E-state index in [1.807, 2.05) is 22.9 Å². The summed E-state index contributed by atoms with van der Waals surface area (Å²) in [6.07, 6.45) is 6.36. The third-order valence-electron chi connectivity index (χ3n) is 4.84. The largest absolute Gasteiger partial charge is 0.356 e. The first-order valence-electron chi connectivity index (χ1n) is 8.69. The highest BCUT2D eigenvalue weighted by molar-refractivity contribution is 5.81. The van der Waals surface area contributed by atoms with Gasteiger partial charge in [-0.1, -0.05) is 6.92 Å². The summed E-state index contributed by atoms with van der Waals surface area (Å²) in [5.41, 5.74) is 0. The molecule has 3 rings (SSSR count). The summed E-state index contributed by atoms with van der Waals surface area (Å²) in [6.45, 7) is 6.56. The number of hydrogen-bond acceptors (Lipinski definition) is 5. The number of likely N-dealkylation sites (tertiary alicyclic amines) is 1. The molecule has 23 heavy (non-hydrogen) atoms. The van der Waals surface area contributed by atoms with Crippen molar-refractivity contribution in [2.45, 2.75) is 32.6 Å². The highest BCUT2D eigenvalue weighted by Gasteiger charge is 2.21. The van der Waals surface area contributed by atoms with Gasteiger partial charge >= 0.3 is 0 Å². The topological polar surface area (TPSA) is 52.6 Å². The lowest BCUT2D eigenvalue weighted by Gasteiger charge is -2.32. The van der Waals surface area contributed by atoms with Crippen molar-refractivity contribution < 1.29 is 4.79 Å². The van der Waals surface area contributed by atoms with Gasteiger partial charge in [-0.05, 0) is 31.6 Å². The lowest BCUT2D eigenvalue weighted by Crippen LogP contribution is -2.38. The Morgan fingerprint density at radius 3 is 2.78 bits per heavy atom. The lowest BCUT2D eigenvalue weighted by atomic mass is 10.0. The first-order chi connectivity index (χ1) is 11.1. The summed E-state index contributed by atoms with van der Waals surface area (Å²) in [6, 6.07) is 2.01. The van der Waals surface area contributed by atoms with Crippen LogP contribution in [-0.2, 0) is 4.79 Å². The number of anilines is 2. The average molecular weight is 317 g/mol. The van der Waals surface area contributed by atoms with Crippen LogP contribution in [0.1, 0.15) is 32.6 Å². The molecule has 0 aromatic carbocycles. The van der Waals surface area contributed by atoms with Crippen molar-refractivity contribution in [3.63, 3.8) is 0 Å². The minimum absolute atomic E-state index is 0.191. The number of piperidine rings is 1. The minimum Gasteiger partial charge on any atom is -0.356 e. The fraction of sp³-hybridized carbons (Fsp3) is 0.706. The molecule has 3 heterocycles. The van der Waals surface area contributed by atoms with Gasteiger partial charge in [-0.15, -0.1) is 0 Å². The van der Waals surface area contributed by atoms with Gasteiger partial charge in [-0.3, -0.25) is 4.79 Å². The maximum atomic E-state index is 12.3. The van der Waals surface area contributed by atoms with Gasteiger partial charge in [0.1, 0.15) is 18.0 Å². The third-order valence-corrected chi connectivity index (χ3v) is 4.84. The van der Waals surface area contributed by atoms with Crippen molar-refractivity contribution in [2.24, 2.45) is 5.92 Å². The van der Waals surface area contributed by atoms with E-state index in [1.54, 1.807) is 6.33 Å². The first kappa shape index (κ1) is 16.0. The van der Waals surface area contributed by atoms with Crippen molar-refractivity contribution in [2.75, 3.05) is 49.6 Å². The molecule has 0 bridgehead atoms. The zero-order valence-electron chi connectivity index (χ0n) is 14.2. The Labute approximate surface area is 138 Å². The summed E-state index contributed by atoms with van der Waals surface area (Å²) >= 11 is 0. The molecule has 0 radical (unpaired) electrons. The van der Waals surface area contributed by atoms with Crippen LogP contribution >= 0.6 is 0 Å². The van der Waals surface area contributed by atoms with Gasteiger partial charge in [0.25, 0.3) is 0 Å². The highest BCUT2D eigenvalue weighted by Crippen LogP contribution is 2.23. The van der Waals surface area contributed by atoms with Crippen LogP contribution in [0.2, 0.25) is 0 Å². The van der Waals surface area contributed by atoms with Gasteiger partial charge in [0, 0.05) is 39.3 Å². The molecule has 0 saturated carbocycles. The Bertz CT molecular complexity index is 544. The number of aromatic nitrogens is 2. The van der Waals surface area contributed by atoms with Crippen LogP contribution in [0.25, 0.3) is 0 Å². The predicted molar refractivity (Wildman–Crippen MR) is 91.7 cm³/mol. The Balaban J connectivity index is 1.65. The molecule has 1 aromatic heterocycles. The van der Waals surface area contributed by atoms with Crippen LogP contribution in [0.15, 0.2) is 12.4 Å². The van der Waals surface area contributed by atoms with Crippen LogP contribution in [0.4, 0.5) is 11.6 Å². The molecule has 2 fully saturated rings. The van der Waals surface area contributed by atoms with E-state index in [9.17, 15) is 4.79 Å². The SMILES string of the molecule is C[C@@H]1CCCN(c2cc(N(C)CC(=O)N3CCCC3)ncn2)C1. The Kier molecular flexibility index (Phi) is 4.98. The van der Waals surface area contributed by atoms with Gasteiger partial charge in [-0.2, -0.15) is 0 Å². The zero-order valence-corrected chi connectivity index (χ0v) is 14.2. The summed E-state index contributed by atoms with van der Waals surface area (Å²) in [5.74, 6) is 2.69. The van der Waals surface area contributed by atoms with Gasteiger partial charge in [0.15, 0.2) is 0 Å². The quantitative estimate of drug-likeness (QED) is 0.847. The van der Waals surface area contributed by atoms with E-state index < -0.39 is 0 Å². The fourth-order valence-electron chi connectivity index (χ4n) is 3.47. The van der Waals surface area contributed by atoms with Crippen molar-refractivity contribution in [1.29, 1.82) is 0 Å². The Morgan fingerprint density at radius 2 is 2.04 bits per heavy atom. The van der Waals surface area contributed by atoms with E-state index in [4.69, 9.17) is 0 Å². The molecule has 0 N–H and O–H groups in total. The van der Waals surface area contributed by atoms with E-state index in [0.29, 0.717) is 12.5 Å². The Hall–Kier alpha value is -1.85. The maximum Gasteiger partial charge on any atom is 0.242 e. The highest BCUT2D eigenvalue weighted by atomic mass is 16.2. The molecule has 2 saturated heterocycles. The average Bonchev–Trinajstić information content (AvgIpc) is 3.09. The van der Waals surface area contributed by atoms with Gasteiger partial charge in [0.05, 0.1) is 6.54 Å². The van der Waals surface area contributed by atoms with Crippen LogP contribution < -0.4 is 9.80 Å². The zero-order chi connectivity index (χ0) is 16.2. The second-order valence-corrected chi connectivity index (χ2v) is 6.87. The van der Waals surface area contributed by atoms with E-state index >= 15 is 0 Å². The van der Waals surface area contributed by atoms with Gasteiger partial charge in [-0.25, -0.2) is 9.97 Å². The number of likely N-dealkylation sites (N-methyl/N-ethyl adjacent to an activating group) is 1. The van der Waals surface area contributed by atoms with Gasteiger partial charge in [0.2, 0.25) is 5.91 Å². The lowest BCUT2D eigenvalue weighted by molar-refractivity contribution is -0.128. The smallest absolute Gasteiger partial charge is 0.242 e. The van der Waals surface area contributed by atoms with Crippen molar-refractivity contribution >= 4 is 17.5 Å². The fourth-order valence-corrected chi connectivity index (χ4v) is 3.47. The van der Waals surface area contributed by atoms with E-state index in [-0.39, 0.29) is 5.91 Å². The molecule has 1 atom stereocenters. The molecule has 126 valence electrons. The molecule has 0 spiro atoms. The minimum atomic E-state index is 0.191. The number of carbonyl (C=O) groups excluding carboxylic acids is 1. The number of amides is 1. The second-order valence-electron chi connectivity index (χ2n) is 6.87. The number of nitrogens with zero attached hydrogens (tertiary/aromatic N) is 5. The molecule has 1 amide bonds. The van der Waals surface area contributed by atoms with E-state index in [0.717, 1.165) is 50.7 Å². The van der Waals surface area contributed by atoms with Crippen LogP contribution in [0.5, 0.6) is 0 Å². The summed E-state index contributed by atoms with van der Waals surface area (Å²) in [5, 5.41) is 0. The number of carbonyl (C=O) groups is 1. The first-order valence-corrected chi connectivity index (χ1v) is 8.69. The molecule has 6 heteroatoms. The molecule has 2 aliphatic rings. The normalized spacial score (nSPS) is 21.6. The molecule has 1 aromatic rings. The maximum absolute atomic E-state index is 12.3. The molecule has 6 nitrogen and oxygen atoms in total. The molecular weight excluding hydrogens is 290 g/mol. The third kappa shape index (κ3) is 3.92. The van der Waals surface area contributed by atoms with Crippen molar-refractivity contribution in [3.8, 4) is 0 Å².